The van der Waals surface area contributed by atoms with Crippen LogP contribution >= 0.6 is 0 Å². The summed E-state index contributed by atoms with van der Waals surface area (Å²) in [5.74, 6) is -0.0567. The molecule has 2 N–H and O–H groups in total. The number of nitrogens with one attached hydrogen (secondary N) is 2. The molecule has 0 saturated heterocycles. The van der Waals surface area contributed by atoms with Crippen LogP contribution in [-0.2, 0) is 11.3 Å². The molecule has 0 fully saturated rings. The van der Waals surface area contributed by atoms with Gasteiger partial charge >= 0.3 is 0 Å². The van der Waals surface area contributed by atoms with E-state index in [0.29, 0.717) is 12.0 Å². The number of carbonyl (C=O) groups excluding carboxylic acids is 1. The smallest absolute Gasteiger partial charge is 0.253 e. The SMILES string of the molecule is CCC(=O)NCc1cc2cccc(C)c2[nH]c1=O. The number of amides is 1. The number of hydrogen-bond donors (Lipinski definition) is 2. The van der Waals surface area contributed by atoms with Crippen LogP contribution < -0.4 is 10.9 Å². The van der Waals surface area contributed by atoms with Gasteiger partial charge in [0.05, 0.1) is 5.52 Å². The summed E-state index contributed by atoms with van der Waals surface area (Å²) in [7, 11) is 0. The molecule has 0 bridgehead atoms. The fourth-order valence-corrected chi connectivity index (χ4v) is 1.88. The van der Waals surface area contributed by atoms with Crippen molar-refractivity contribution in [2.24, 2.45) is 0 Å². The van der Waals surface area contributed by atoms with Crippen LogP contribution in [0.2, 0.25) is 0 Å². The third-order valence-electron chi connectivity index (χ3n) is 2.96. The van der Waals surface area contributed by atoms with Gasteiger partial charge < -0.3 is 10.3 Å². The lowest BCUT2D eigenvalue weighted by atomic mass is 10.1. The largest absolute Gasteiger partial charge is 0.352 e. The fourth-order valence-electron chi connectivity index (χ4n) is 1.88. The molecule has 18 heavy (non-hydrogen) atoms. The van der Waals surface area contributed by atoms with Gasteiger partial charge in [-0.1, -0.05) is 25.1 Å². The van der Waals surface area contributed by atoms with Crippen molar-refractivity contribution in [1.29, 1.82) is 0 Å². The van der Waals surface area contributed by atoms with Crippen molar-refractivity contribution in [3.05, 3.63) is 45.7 Å². The van der Waals surface area contributed by atoms with Crippen LogP contribution in [-0.4, -0.2) is 10.9 Å². The Morgan fingerprint density at radius 2 is 2.17 bits per heavy atom. The molecule has 0 saturated carbocycles. The van der Waals surface area contributed by atoms with E-state index >= 15 is 0 Å². The molecule has 0 atom stereocenters. The average molecular weight is 244 g/mol. The molecule has 1 aromatic carbocycles. The van der Waals surface area contributed by atoms with Gasteiger partial charge in [0.15, 0.2) is 0 Å². The van der Waals surface area contributed by atoms with Gasteiger partial charge in [0.1, 0.15) is 0 Å². The zero-order valence-corrected chi connectivity index (χ0v) is 10.5. The van der Waals surface area contributed by atoms with E-state index < -0.39 is 0 Å². The zero-order valence-electron chi connectivity index (χ0n) is 10.5. The molecule has 1 aromatic heterocycles. The number of benzene rings is 1. The second kappa shape index (κ2) is 5.04. The lowest BCUT2D eigenvalue weighted by Crippen LogP contribution is -2.25. The summed E-state index contributed by atoms with van der Waals surface area (Å²) in [4.78, 5) is 25.9. The van der Waals surface area contributed by atoms with Crippen molar-refractivity contribution in [2.45, 2.75) is 26.8 Å². The average Bonchev–Trinajstić information content (AvgIpc) is 2.37. The van der Waals surface area contributed by atoms with Crippen molar-refractivity contribution >= 4 is 16.8 Å². The van der Waals surface area contributed by atoms with Gasteiger partial charge in [0.25, 0.3) is 5.56 Å². The maximum Gasteiger partial charge on any atom is 0.253 e. The van der Waals surface area contributed by atoms with Crippen molar-refractivity contribution in [2.75, 3.05) is 0 Å². The van der Waals surface area contributed by atoms with Gasteiger partial charge in [-0.25, -0.2) is 0 Å². The number of rotatable bonds is 3. The number of aryl methyl sites for hydroxylation is 1. The molecule has 0 spiro atoms. The first-order valence-electron chi connectivity index (χ1n) is 6.00. The van der Waals surface area contributed by atoms with Crippen LogP contribution in [0.3, 0.4) is 0 Å². The first kappa shape index (κ1) is 12.4. The van der Waals surface area contributed by atoms with Crippen molar-refractivity contribution in [3.8, 4) is 0 Å². The molecule has 0 aliphatic carbocycles. The minimum atomic E-state index is -0.145. The molecular weight excluding hydrogens is 228 g/mol. The predicted molar refractivity (Wildman–Crippen MR) is 71.4 cm³/mol. The van der Waals surface area contributed by atoms with Crippen LogP contribution in [0.15, 0.2) is 29.1 Å². The van der Waals surface area contributed by atoms with E-state index in [-0.39, 0.29) is 18.0 Å². The van der Waals surface area contributed by atoms with E-state index in [0.717, 1.165) is 16.5 Å². The summed E-state index contributed by atoms with van der Waals surface area (Å²) in [6.45, 7) is 4.01. The molecule has 1 amide bonds. The second-order valence-electron chi connectivity index (χ2n) is 4.29. The van der Waals surface area contributed by atoms with Gasteiger partial charge in [-0.15, -0.1) is 0 Å². The summed E-state index contributed by atoms with van der Waals surface area (Å²) >= 11 is 0. The normalized spacial score (nSPS) is 10.6. The molecular formula is C14H16N2O2. The van der Waals surface area contributed by atoms with Crippen molar-refractivity contribution in [3.63, 3.8) is 0 Å². The van der Waals surface area contributed by atoms with Crippen molar-refractivity contribution < 1.29 is 4.79 Å². The number of pyridine rings is 1. The van der Waals surface area contributed by atoms with E-state index in [1.54, 1.807) is 6.92 Å². The first-order valence-corrected chi connectivity index (χ1v) is 6.00. The summed E-state index contributed by atoms with van der Waals surface area (Å²) in [6, 6.07) is 7.68. The lowest BCUT2D eigenvalue weighted by Gasteiger charge is -2.06. The molecule has 0 unspecified atom stereocenters. The minimum absolute atomic E-state index is 0.0567. The standard InChI is InChI=1S/C14H16N2O2/c1-3-12(17)15-8-11-7-10-6-4-5-9(2)13(10)16-14(11)18/h4-7H,3,8H2,1-2H3,(H,15,17)(H,16,18). The second-order valence-corrected chi connectivity index (χ2v) is 4.29. The molecule has 0 radical (unpaired) electrons. The molecule has 0 aliphatic heterocycles. The van der Waals surface area contributed by atoms with E-state index in [1.807, 2.05) is 31.2 Å². The van der Waals surface area contributed by atoms with E-state index in [1.165, 1.54) is 0 Å². The highest BCUT2D eigenvalue weighted by atomic mass is 16.1. The Kier molecular flexibility index (Phi) is 3.46. The van der Waals surface area contributed by atoms with Crippen LogP contribution in [0.4, 0.5) is 0 Å². The molecule has 2 rings (SSSR count). The monoisotopic (exact) mass is 244 g/mol. The van der Waals surface area contributed by atoms with Crippen LogP contribution in [0.1, 0.15) is 24.5 Å². The van der Waals surface area contributed by atoms with Crippen LogP contribution in [0, 0.1) is 6.92 Å². The van der Waals surface area contributed by atoms with Gasteiger partial charge in [0.2, 0.25) is 5.91 Å². The fraction of sp³-hybridized carbons (Fsp3) is 0.286. The Balaban J connectivity index is 2.38. The van der Waals surface area contributed by atoms with Gasteiger partial charge in [0, 0.05) is 18.5 Å². The third-order valence-corrected chi connectivity index (χ3v) is 2.96. The zero-order chi connectivity index (χ0) is 13.1. The summed E-state index contributed by atoms with van der Waals surface area (Å²) < 4.78 is 0. The van der Waals surface area contributed by atoms with Crippen LogP contribution in [0.25, 0.3) is 10.9 Å². The molecule has 0 aliphatic rings. The minimum Gasteiger partial charge on any atom is -0.352 e. The maximum atomic E-state index is 11.9. The molecule has 4 heteroatoms. The molecule has 2 aromatic rings. The first-order chi connectivity index (χ1) is 8.61. The van der Waals surface area contributed by atoms with Crippen molar-refractivity contribution in [1.82, 2.24) is 10.3 Å². The van der Waals surface area contributed by atoms with Gasteiger partial charge in [-0.3, -0.25) is 9.59 Å². The molecule has 94 valence electrons. The van der Waals surface area contributed by atoms with E-state index in [2.05, 4.69) is 10.3 Å². The number of aromatic amines is 1. The maximum absolute atomic E-state index is 11.9. The van der Waals surface area contributed by atoms with E-state index in [9.17, 15) is 9.59 Å². The number of hydrogen-bond acceptors (Lipinski definition) is 2. The number of aromatic nitrogens is 1. The van der Waals surface area contributed by atoms with Crippen LogP contribution in [0.5, 0.6) is 0 Å². The number of H-pyrrole nitrogens is 1. The highest BCUT2D eigenvalue weighted by Crippen LogP contribution is 2.14. The Bertz CT molecular complexity index is 644. The molecule has 1 heterocycles. The Hall–Kier alpha value is -2.10. The Morgan fingerprint density at radius 1 is 1.39 bits per heavy atom. The molecule has 4 nitrogen and oxygen atoms in total. The lowest BCUT2D eigenvalue weighted by molar-refractivity contribution is -0.120. The van der Waals surface area contributed by atoms with Gasteiger partial charge in [-0.2, -0.15) is 0 Å². The summed E-state index contributed by atoms with van der Waals surface area (Å²) in [5, 5.41) is 3.69. The predicted octanol–water partition coefficient (Wildman–Crippen LogP) is 1.86. The number of fused-ring (bicyclic) bond motifs is 1. The summed E-state index contributed by atoms with van der Waals surface area (Å²) in [6.07, 6.45) is 0.421. The topological polar surface area (TPSA) is 62.0 Å². The highest BCUT2D eigenvalue weighted by molar-refractivity contribution is 5.82. The Morgan fingerprint density at radius 3 is 2.89 bits per heavy atom. The summed E-state index contributed by atoms with van der Waals surface area (Å²) in [5.41, 5.74) is 2.32. The highest BCUT2D eigenvalue weighted by Gasteiger charge is 2.05. The number of carbonyl (C=O) groups is 1. The van der Waals surface area contributed by atoms with Gasteiger partial charge in [-0.05, 0) is 23.9 Å². The third kappa shape index (κ3) is 2.42. The quantitative estimate of drug-likeness (QED) is 0.865. The van der Waals surface area contributed by atoms with E-state index in [4.69, 9.17) is 0 Å². The number of para-hydroxylation sites is 1. The Labute approximate surface area is 105 Å².